The molecule has 0 fully saturated rings. The van der Waals surface area contributed by atoms with Crippen molar-refractivity contribution in [3.8, 4) is 0 Å². The number of carbonyl (C=O) groups is 2. The van der Waals surface area contributed by atoms with E-state index in [1.165, 1.54) is 6.92 Å². The molecule has 0 N–H and O–H groups in total. The molecule has 2 atom stereocenters. The third kappa shape index (κ3) is 5.16. The topological polar surface area (TPSA) is 52.6 Å². The van der Waals surface area contributed by atoms with Crippen molar-refractivity contribution >= 4 is 11.8 Å². The summed E-state index contributed by atoms with van der Waals surface area (Å²) in [5, 5.41) is 0. The van der Waals surface area contributed by atoms with Crippen LogP contribution in [0.3, 0.4) is 0 Å². The molecule has 0 spiro atoms. The van der Waals surface area contributed by atoms with Gasteiger partial charge in [0.25, 0.3) is 0 Å². The van der Waals surface area contributed by atoms with Crippen molar-refractivity contribution in [3.63, 3.8) is 0 Å². The van der Waals surface area contributed by atoms with Crippen LogP contribution in [0.4, 0.5) is 0 Å². The second kappa shape index (κ2) is 7.74. The molecule has 2 rings (SSSR count). The quantitative estimate of drug-likeness (QED) is 0.799. The maximum absolute atomic E-state index is 11.5. The number of rotatable bonds is 4. The maximum atomic E-state index is 11.5. The minimum atomic E-state index is -0.375. The van der Waals surface area contributed by atoms with Gasteiger partial charge in [0.1, 0.15) is 6.10 Å². The van der Waals surface area contributed by atoms with Gasteiger partial charge < -0.3 is 9.47 Å². The first-order valence-corrected chi connectivity index (χ1v) is 7.17. The maximum Gasteiger partial charge on any atom is 0.302 e. The van der Waals surface area contributed by atoms with E-state index in [1.54, 1.807) is 12.2 Å². The molecule has 1 aliphatic carbocycles. The Morgan fingerprint density at radius 1 is 1.24 bits per heavy atom. The van der Waals surface area contributed by atoms with Gasteiger partial charge in [0.05, 0.1) is 12.7 Å². The largest absolute Gasteiger partial charge is 0.460 e. The molecule has 0 aliphatic heterocycles. The Balaban J connectivity index is 2.02. The summed E-state index contributed by atoms with van der Waals surface area (Å²) in [7, 11) is 0. The second-order valence-electron chi connectivity index (χ2n) is 5.13. The van der Waals surface area contributed by atoms with Gasteiger partial charge in [0.15, 0.2) is 5.78 Å². The lowest BCUT2D eigenvalue weighted by Gasteiger charge is -2.27. The average molecular weight is 288 g/mol. The summed E-state index contributed by atoms with van der Waals surface area (Å²) in [6, 6.07) is 9.85. The van der Waals surface area contributed by atoms with Gasteiger partial charge in [-0.25, -0.2) is 0 Å². The highest BCUT2D eigenvalue weighted by molar-refractivity contribution is 5.89. The lowest BCUT2D eigenvalue weighted by Crippen LogP contribution is -2.34. The molecule has 0 unspecified atom stereocenters. The van der Waals surface area contributed by atoms with Crippen molar-refractivity contribution in [1.29, 1.82) is 0 Å². The number of carbonyl (C=O) groups excluding carboxylic acids is 2. The summed E-state index contributed by atoms with van der Waals surface area (Å²) in [5.74, 6) is -0.279. The van der Waals surface area contributed by atoms with Crippen molar-refractivity contribution in [2.75, 3.05) is 0 Å². The number of hydrogen-bond acceptors (Lipinski definition) is 4. The van der Waals surface area contributed by atoms with Gasteiger partial charge in [-0.15, -0.1) is 0 Å². The zero-order valence-electron chi connectivity index (χ0n) is 12.2. The van der Waals surface area contributed by atoms with E-state index in [2.05, 4.69) is 0 Å². The number of hydrogen-bond donors (Lipinski definition) is 0. The van der Waals surface area contributed by atoms with Gasteiger partial charge in [-0.1, -0.05) is 36.4 Å². The van der Waals surface area contributed by atoms with E-state index in [0.717, 1.165) is 5.56 Å². The first-order chi connectivity index (χ1) is 10.1. The highest BCUT2D eigenvalue weighted by Gasteiger charge is 2.26. The molecule has 0 saturated carbocycles. The SMILES string of the molecule is CC(=O)O[C@@H]1CCC(=O)/C=C\C[C@@H]1OCc1ccccc1. The highest BCUT2D eigenvalue weighted by Crippen LogP contribution is 2.19. The van der Waals surface area contributed by atoms with Crippen LogP contribution in [0.5, 0.6) is 0 Å². The van der Waals surface area contributed by atoms with Crippen LogP contribution >= 0.6 is 0 Å². The summed E-state index contributed by atoms with van der Waals surface area (Å²) in [6.45, 7) is 1.84. The van der Waals surface area contributed by atoms with Crippen LogP contribution in [-0.2, 0) is 25.7 Å². The normalized spacial score (nSPS) is 24.0. The van der Waals surface area contributed by atoms with Gasteiger partial charge in [-0.3, -0.25) is 9.59 Å². The van der Waals surface area contributed by atoms with Crippen molar-refractivity contribution in [3.05, 3.63) is 48.0 Å². The standard InChI is InChI=1S/C17H20O4/c1-13(18)21-17-11-10-15(19)8-5-9-16(17)20-12-14-6-3-2-4-7-14/h2-8,16-17H,9-12H2,1H3/b8-5-/t16-,17+/m0/s1. The molecule has 1 aliphatic rings. The fourth-order valence-corrected chi connectivity index (χ4v) is 2.34. The third-order valence-electron chi connectivity index (χ3n) is 3.39. The molecule has 21 heavy (non-hydrogen) atoms. The molecule has 4 heteroatoms. The van der Waals surface area contributed by atoms with E-state index >= 15 is 0 Å². The molecule has 0 heterocycles. The van der Waals surface area contributed by atoms with Gasteiger partial charge in [-0.2, -0.15) is 0 Å². The van der Waals surface area contributed by atoms with E-state index in [-0.39, 0.29) is 24.0 Å². The zero-order valence-corrected chi connectivity index (χ0v) is 12.2. The van der Waals surface area contributed by atoms with Crippen molar-refractivity contribution in [2.24, 2.45) is 0 Å². The Morgan fingerprint density at radius 2 is 2.00 bits per heavy atom. The number of benzene rings is 1. The minimum absolute atomic E-state index is 0.0636. The molecule has 112 valence electrons. The van der Waals surface area contributed by atoms with Crippen LogP contribution in [0.25, 0.3) is 0 Å². The Labute approximate surface area is 124 Å². The fraction of sp³-hybridized carbons (Fsp3) is 0.412. The van der Waals surface area contributed by atoms with Crippen molar-refractivity contribution in [1.82, 2.24) is 0 Å². The Morgan fingerprint density at radius 3 is 2.71 bits per heavy atom. The number of allylic oxidation sites excluding steroid dienone is 1. The van der Waals surface area contributed by atoms with Crippen LogP contribution in [0.2, 0.25) is 0 Å². The van der Waals surface area contributed by atoms with E-state index in [9.17, 15) is 9.59 Å². The van der Waals surface area contributed by atoms with Gasteiger partial charge in [-0.05, 0) is 24.5 Å². The van der Waals surface area contributed by atoms with Crippen LogP contribution in [-0.4, -0.2) is 24.0 Å². The number of ketones is 1. The van der Waals surface area contributed by atoms with Crippen LogP contribution in [0, 0.1) is 0 Å². The molecule has 0 amide bonds. The van der Waals surface area contributed by atoms with Crippen molar-refractivity contribution < 1.29 is 19.1 Å². The molecular formula is C17H20O4. The number of esters is 1. The van der Waals surface area contributed by atoms with Crippen LogP contribution < -0.4 is 0 Å². The summed E-state index contributed by atoms with van der Waals surface area (Å²) in [4.78, 5) is 22.7. The zero-order chi connectivity index (χ0) is 15.1. The first kappa shape index (κ1) is 15.4. The van der Waals surface area contributed by atoms with Gasteiger partial charge in [0.2, 0.25) is 0 Å². The fourth-order valence-electron chi connectivity index (χ4n) is 2.34. The Kier molecular flexibility index (Phi) is 5.69. The highest BCUT2D eigenvalue weighted by atomic mass is 16.6. The Hall–Kier alpha value is -1.94. The van der Waals surface area contributed by atoms with Gasteiger partial charge >= 0.3 is 5.97 Å². The first-order valence-electron chi connectivity index (χ1n) is 7.17. The average Bonchev–Trinajstić information content (AvgIpc) is 2.46. The summed E-state index contributed by atoms with van der Waals surface area (Å²) < 4.78 is 11.2. The third-order valence-corrected chi connectivity index (χ3v) is 3.39. The van der Waals surface area contributed by atoms with E-state index in [1.807, 2.05) is 30.3 Å². The lowest BCUT2D eigenvalue weighted by molar-refractivity contribution is -0.157. The molecule has 1 aromatic carbocycles. The molecule has 0 aromatic heterocycles. The predicted octanol–water partition coefficient (Wildman–Crippen LogP) is 2.81. The molecule has 0 saturated heterocycles. The lowest BCUT2D eigenvalue weighted by atomic mass is 9.99. The van der Waals surface area contributed by atoms with Gasteiger partial charge in [0, 0.05) is 13.3 Å². The summed E-state index contributed by atoms with van der Waals surface area (Å²) in [6.07, 6.45) is 4.23. The molecule has 4 nitrogen and oxygen atoms in total. The van der Waals surface area contributed by atoms with Crippen LogP contribution in [0.1, 0.15) is 31.7 Å². The minimum Gasteiger partial charge on any atom is -0.460 e. The smallest absolute Gasteiger partial charge is 0.302 e. The molecular weight excluding hydrogens is 268 g/mol. The second-order valence-corrected chi connectivity index (χ2v) is 5.13. The van der Waals surface area contributed by atoms with E-state index < -0.39 is 0 Å². The van der Waals surface area contributed by atoms with E-state index in [4.69, 9.17) is 9.47 Å². The predicted molar refractivity (Wildman–Crippen MR) is 78.6 cm³/mol. The number of ether oxygens (including phenoxy) is 2. The molecule has 1 aromatic rings. The molecule has 0 bridgehead atoms. The summed E-state index contributed by atoms with van der Waals surface area (Å²) in [5.41, 5.74) is 1.07. The van der Waals surface area contributed by atoms with Crippen molar-refractivity contribution in [2.45, 2.75) is 45.0 Å². The monoisotopic (exact) mass is 288 g/mol. The van der Waals surface area contributed by atoms with E-state index in [0.29, 0.717) is 25.9 Å². The van der Waals surface area contributed by atoms with Crippen LogP contribution in [0.15, 0.2) is 42.5 Å². The Bertz CT molecular complexity index is 507. The molecule has 0 radical (unpaired) electrons. The summed E-state index contributed by atoms with van der Waals surface area (Å²) >= 11 is 0.